The number of para-hydroxylation sites is 1. The number of sulfonamides is 1. The number of fused-ring (bicyclic) bond motifs is 2. The Morgan fingerprint density at radius 2 is 1.77 bits per heavy atom. The minimum Gasteiger partial charge on any atom is -0.475 e. The van der Waals surface area contributed by atoms with Crippen molar-refractivity contribution in [3.8, 4) is 0 Å². The molecule has 0 aliphatic carbocycles. The van der Waals surface area contributed by atoms with Gasteiger partial charge in [-0.25, -0.2) is 13.2 Å². The van der Waals surface area contributed by atoms with Crippen LogP contribution < -0.4 is 4.31 Å². The van der Waals surface area contributed by atoms with Gasteiger partial charge in [-0.15, -0.1) is 11.3 Å². The zero-order valence-electron chi connectivity index (χ0n) is 16.1. The molecule has 1 saturated heterocycles. The minimum atomic E-state index is -5.08. The molecule has 2 aromatic rings. The average Bonchev–Trinajstić information content (AvgIpc) is 3.25. The number of thiophene rings is 1. The molecule has 0 amide bonds. The molecule has 1 aromatic heterocycles. The molecule has 6 nitrogen and oxygen atoms in total. The highest BCUT2D eigenvalue weighted by Gasteiger charge is 2.55. The van der Waals surface area contributed by atoms with Crippen molar-refractivity contribution in [1.29, 1.82) is 0 Å². The number of hydrogen-bond acceptors (Lipinski definition) is 5. The lowest BCUT2D eigenvalue weighted by atomic mass is 9.87. The van der Waals surface area contributed by atoms with E-state index in [1.165, 1.54) is 9.18 Å². The van der Waals surface area contributed by atoms with E-state index in [2.05, 4.69) is 22.4 Å². The molecule has 0 atom stereocenters. The van der Waals surface area contributed by atoms with Gasteiger partial charge >= 0.3 is 12.1 Å². The van der Waals surface area contributed by atoms with Gasteiger partial charge in [-0.2, -0.15) is 13.2 Å². The number of aliphatic carboxylic acids is 1. The second kappa shape index (κ2) is 8.20. The normalized spacial score (nSPS) is 19.8. The fourth-order valence-electron chi connectivity index (χ4n) is 3.89. The molecule has 4 rings (SSSR count). The topological polar surface area (TPSA) is 77.9 Å². The lowest BCUT2D eigenvalue weighted by Crippen LogP contribution is -2.47. The highest BCUT2D eigenvalue weighted by molar-refractivity contribution is 7.94. The van der Waals surface area contributed by atoms with E-state index in [9.17, 15) is 21.6 Å². The van der Waals surface area contributed by atoms with Crippen LogP contribution in [0.4, 0.5) is 18.9 Å². The quantitative estimate of drug-likeness (QED) is 0.737. The van der Waals surface area contributed by atoms with Crippen LogP contribution in [0.2, 0.25) is 0 Å². The van der Waals surface area contributed by atoms with Gasteiger partial charge < -0.3 is 5.11 Å². The van der Waals surface area contributed by atoms with Crippen LogP contribution in [0.25, 0.3) is 0 Å². The molecule has 1 fully saturated rings. The van der Waals surface area contributed by atoms with Crippen molar-refractivity contribution in [1.82, 2.24) is 4.90 Å². The van der Waals surface area contributed by atoms with E-state index in [1.54, 1.807) is 18.4 Å². The second-order valence-electron chi connectivity index (χ2n) is 7.14. The van der Waals surface area contributed by atoms with Gasteiger partial charge in [0.2, 0.25) is 10.0 Å². The maximum atomic E-state index is 13.1. The van der Waals surface area contributed by atoms with Gasteiger partial charge in [0.25, 0.3) is 0 Å². The molecule has 0 radical (unpaired) electrons. The third kappa shape index (κ3) is 4.06. The monoisotopic (exact) mass is 462 g/mol. The van der Waals surface area contributed by atoms with Crippen LogP contribution in [0.5, 0.6) is 0 Å². The molecular weight excluding hydrogens is 441 g/mol. The van der Waals surface area contributed by atoms with Gasteiger partial charge in [0.15, 0.2) is 0 Å². The lowest BCUT2D eigenvalue weighted by molar-refractivity contribution is -0.192. The van der Waals surface area contributed by atoms with Crippen molar-refractivity contribution in [3.05, 3.63) is 52.2 Å². The number of piperidine rings is 1. The van der Waals surface area contributed by atoms with Crippen molar-refractivity contribution in [2.24, 2.45) is 0 Å². The molecule has 0 saturated carbocycles. The van der Waals surface area contributed by atoms with Crippen LogP contribution in [0.15, 0.2) is 41.8 Å². The average molecular weight is 463 g/mol. The number of alkyl halides is 3. The first-order chi connectivity index (χ1) is 14.0. The van der Waals surface area contributed by atoms with Crippen molar-refractivity contribution >= 4 is 33.0 Å². The number of hydrogen-bond donors (Lipinski definition) is 1. The summed E-state index contributed by atoms with van der Waals surface area (Å²) in [5.74, 6) is -2.76. The highest BCUT2D eigenvalue weighted by Crippen LogP contribution is 2.51. The zero-order chi connectivity index (χ0) is 22.2. The standard InChI is InChI=1S/C17H20N2O2S2.C2HF3O2/c1-18-16-7-3-2-6-15(16)17(23(18,20)21)8-10-19(11-9-17)13-14-5-4-12-22-14;3-2(4,5)1(6)7/h2-7,12H,8-11,13H2,1H3;(H,6,7). The van der Waals surface area contributed by atoms with E-state index in [1.807, 2.05) is 24.3 Å². The molecule has 1 aromatic carbocycles. The fraction of sp³-hybridized carbons (Fsp3) is 0.421. The van der Waals surface area contributed by atoms with Crippen LogP contribution >= 0.6 is 11.3 Å². The number of rotatable bonds is 2. The first-order valence-corrected chi connectivity index (χ1v) is 11.4. The second-order valence-corrected chi connectivity index (χ2v) is 10.5. The molecule has 0 bridgehead atoms. The predicted octanol–water partition coefficient (Wildman–Crippen LogP) is 3.65. The Kier molecular flexibility index (Phi) is 6.17. The lowest BCUT2D eigenvalue weighted by Gasteiger charge is -2.38. The van der Waals surface area contributed by atoms with Crippen molar-refractivity contribution < 1.29 is 31.5 Å². The smallest absolute Gasteiger partial charge is 0.475 e. The summed E-state index contributed by atoms with van der Waals surface area (Å²) >= 11 is 1.76. The Balaban J connectivity index is 0.000000318. The zero-order valence-corrected chi connectivity index (χ0v) is 17.7. The number of carboxylic acids is 1. The Morgan fingerprint density at radius 3 is 2.30 bits per heavy atom. The molecule has 3 heterocycles. The number of likely N-dealkylation sites (tertiary alicyclic amines) is 1. The number of carbonyl (C=O) groups is 1. The van der Waals surface area contributed by atoms with Crippen LogP contribution in [-0.4, -0.2) is 50.7 Å². The van der Waals surface area contributed by atoms with Crippen LogP contribution in [0.3, 0.4) is 0 Å². The van der Waals surface area contributed by atoms with Gasteiger partial charge in [-0.3, -0.25) is 9.21 Å². The number of anilines is 1. The maximum Gasteiger partial charge on any atom is 0.490 e. The molecule has 0 unspecified atom stereocenters. The Hall–Kier alpha value is -2.11. The first kappa shape index (κ1) is 22.6. The van der Waals surface area contributed by atoms with E-state index in [0.717, 1.165) is 30.9 Å². The summed E-state index contributed by atoms with van der Waals surface area (Å²) in [4.78, 5) is 12.6. The molecule has 11 heteroatoms. The van der Waals surface area contributed by atoms with Gasteiger partial charge in [-0.1, -0.05) is 24.3 Å². The van der Waals surface area contributed by atoms with Gasteiger partial charge in [0.1, 0.15) is 4.75 Å². The number of carboxylic acid groups (broad SMARTS) is 1. The van der Waals surface area contributed by atoms with E-state index in [4.69, 9.17) is 9.90 Å². The van der Waals surface area contributed by atoms with E-state index in [-0.39, 0.29) is 0 Å². The Bertz CT molecular complexity index is 999. The summed E-state index contributed by atoms with van der Waals surface area (Å²) in [6.45, 7) is 2.56. The van der Waals surface area contributed by atoms with E-state index < -0.39 is 26.9 Å². The van der Waals surface area contributed by atoms with E-state index in [0.29, 0.717) is 12.8 Å². The molecular formula is C19H21F3N2O4S2. The Labute approximate surface area is 176 Å². The third-order valence-corrected chi connectivity index (χ3v) is 8.85. The molecule has 2 aliphatic heterocycles. The summed E-state index contributed by atoms with van der Waals surface area (Å²) in [5.41, 5.74) is 1.83. The summed E-state index contributed by atoms with van der Waals surface area (Å²) < 4.78 is 58.6. The SMILES string of the molecule is CN1c2ccccc2C2(CCN(Cc3cccs3)CC2)S1(=O)=O.O=C(O)C(F)(F)F. The maximum absolute atomic E-state index is 13.1. The molecule has 30 heavy (non-hydrogen) atoms. The number of benzene rings is 1. The Morgan fingerprint density at radius 1 is 1.17 bits per heavy atom. The van der Waals surface area contributed by atoms with Gasteiger partial charge in [-0.05, 0) is 35.9 Å². The van der Waals surface area contributed by atoms with Gasteiger partial charge in [0.05, 0.1) is 5.69 Å². The predicted molar refractivity (Wildman–Crippen MR) is 108 cm³/mol. The number of nitrogens with zero attached hydrogens (tertiary/aromatic N) is 2. The van der Waals surface area contributed by atoms with Crippen LogP contribution in [0, 0.1) is 0 Å². The van der Waals surface area contributed by atoms with Crippen molar-refractivity contribution in [3.63, 3.8) is 0 Å². The molecule has 1 spiro atoms. The number of halogens is 3. The van der Waals surface area contributed by atoms with Crippen LogP contribution in [-0.2, 0) is 26.1 Å². The molecule has 164 valence electrons. The molecule has 1 N–H and O–H groups in total. The summed E-state index contributed by atoms with van der Waals surface area (Å²) in [6, 6.07) is 12.0. The van der Waals surface area contributed by atoms with E-state index >= 15 is 0 Å². The fourth-order valence-corrected chi connectivity index (χ4v) is 6.72. The molecule has 2 aliphatic rings. The minimum absolute atomic E-state index is 0.669. The van der Waals surface area contributed by atoms with Gasteiger partial charge in [0, 0.05) is 31.6 Å². The van der Waals surface area contributed by atoms with Crippen molar-refractivity contribution in [2.75, 3.05) is 24.4 Å². The third-order valence-electron chi connectivity index (χ3n) is 5.45. The summed E-state index contributed by atoms with van der Waals surface area (Å²) in [5, 5.41) is 9.22. The summed E-state index contributed by atoms with van der Waals surface area (Å²) in [7, 11) is -1.64. The van der Waals surface area contributed by atoms with Crippen LogP contribution in [0.1, 0.15) is 23.3 Å². The summed E-state index contributed by atoms with van der Waals surface area (Å²) in [6.07, 6.45) is -3.75. The largest absolute Gasteiger partial charge is 0.490 e. The first-order valence-electron chi connectivity index (χ1n) is 9.12. The van der Waals surface area contributed by atoms with Crippen molar-refractivity contribution in [2.45, 2.75) is 30.3 Å². The highest BCUT2D eigenvalue weighted by atomic mass is 32.2.